The molecule has 0 radical (unpaired) electrons. The minimum atomic E-state index is 0.134. The monoisotopic (exact) mass is 405 g/mol. The van der Waals surface area contributed by atoms with Crippen molar-refractivity contribution in [3.05, 3.63) is 67.2 Å². The summed E-state index contributed by atoms with van der Waals surface area (Å²) in [6.07, 6.45) is 0. The molecular weight excluding hydrogens is 392 g/mol. The number of benzene rings is 2. The first-order valence-electron chi connectivity index (χ1n) is 6.05. The van der Waals surface area contributed by atoms with Crippen LogP contribution in [0.4, 0.5) is 0 Å². The lowest BCUT2D eigenvalue weighted by Gasteiger charge is -2.19. The van der Waals surface area contributed by atoms with Crippen LogP contribution in [0, 0.1) is 3.57 Å². The molecule has 0 aliphatic carbocycles. The Kier molecular flexibility index (Phi) is 5.51. The van der Waals surface area contributed by atoms with Gasteiger partial charge >= 0.3 is 0 Å². The van der Waals surface area contributed by atoms with Crippen LogP contribution in [0.2, 0.25) is 10.0 Å². The fourth-order valence-corrected chi connectivity index (χ4v) is 2.88. The van der Waals surface area contributed by atoms with Gasteiger partial charge < -0.3 is 5.32 Å². The first-order valence-corrected chi connectivity index (χ1v) is 7.89. The molecular formula is C15H14Cl2IN. The molecule has 4 heteroatoms. The summed E-state index contributed by atoms with van der Waals surface area (Å²) in [5.74, 6) is 0. The Morgan fingerprint density at radius 3 is 2.42 bits per heavy atom. The molecule has 0 saturated carbocycles. The van der Waals surface area contributed by atoms with Crippen LogP contribution < -0.4 is 5.32 Å². The van der Waals surface area contributed by atoms with Gasteiger partial charge in [-0.25, -0.2) is 0 Å². The predicted octanol–water partition coefficient (Wildman–Crippen LogP) is 5.30. The smallest absolute Gasteiger partial charge is 0.0595 e. The maximum atomic E-state index is 6.12. The van der Waals surface area contributed by atoms with Gasteiger partial charge in [-0.2, -0.15) is 0 Å². The Labute approximate surface area is 137 Å². The summed E-state index contributed by atoms with van der Waals surface area (Å²) in [5, 5.41) is 4.66. The average Bonchev–Trinajstić information content (AvgIpc) is 2.39. The van der Waals surface area contributed by atoms with Gasteiger partial charge in [0, 0.05) is 3.57 Å². The van der Waals surface area contributed by atoms with E-state index < -0.39 is 0 Å². The molecule has 2 aromatic rings. The maximum Gasteiger partial charge on any atom is 0.0595 e. The predicted molar refractivity (Wildman–Crippen MR) is 91.1 cm³/mol. The zero-order valence-electron chi connectivity index (χ0n) is 10.5. The van der Waals surface area contributed by atoms with Gasteiger partial charge in [0.1, 0.15) is 0 Å². The van der Waals surface area contributed by atoms with E-state index in [1.165, 1.54) is 9.13 Å². The molecule has 0 aromatic heterocycles. The van der Waals surface area contributed by atoms with E-state index in [4.69, 9.17) is 23.2 Å². The quantitative estimate of drug-likeness (QED) is 0.680. The highest BCUT2D eigenvalue weighted by Crippen LogP contribution is 2.29. The lowest BCUT2D eigenvalue weighted by Crippen LogP contribution is -2.22. The summed E-state index contributed by atoms with van der Waals surface area (Å²) < 4.78 is 1.22. The molecule has 0 heterocycles. The van der Waals surface area contributed by atoms with E-state index in [-0.39, 0.29) is 6.04 Å². The van der Waals surface area contributed by atoms with E-state index in [2.05, 4.69) is 59.1 Å². The van der Waals surface area contributed by atoms with Crippen LogP contribution in [0.1, 0.15) is 24.1 Å². The van der Waals surface area contributed by atoms with Crippen LogP contribution in [-0.4, -0.2) is 6.54 Å². The average molecular weight is 406 g/mol. The zero-order valence-corrected chi connectivity index (χ0v) is 14.1. The summed E-state index contributed by atoms with van der Waals surface area (Å²) in [5.41, 5.74) is 2.35. The van der Waals surface area contributed by atoms with Crippen molar-refractivity contribution in [3.63, 3.8) is 0 Å². The number of nitrogens with one attached hydrogen (secondary N) is 1. The van der Waals surface area contributed by atoms with Crippen LogP contribution >= 0.6 is 45.8 Å². The lowest BCUT2D eigenvalue weighted by molar-refractivity contribution is 0.630. The van der Waals surface area contributed by atoms with Crippen molar-refractivity contribution < 1.29 is 0 Å². The molecule has 19 heavy (non-hydrogen) atoms. The Balaban J connectivity index is 2.42. The second-order valence-corrected chi connectivity index (χ2v) is 6.28. The highest BCUT2D eigenvalue weighted by atomic mass is 127. The lowest BCUT2D eigenvalue weighted by atomic mass is 9.99. The Morgan fingerprint density at radius 2 is 1.79 bits per heavy atom. The molecule has 1 unspecified atom stereocenters. The van der Waals surface area contributed by atoms with E-state index in [9.17, 15) is 0 Å². The van der Waals surface area contributed by atoms with Crippen molar-refractivity contribution in [2.24, 2.45) is 0 Å². The minimum Gasteiger partial charge on any atom is -0.307 e. The summed E-state index contributed by atoms with van der Waals surface area (Å²) >= 11 is 14.4. The molecule has 0 fully saturated rings. The number of hydrogen-bond donors (Lipinski definition) is 1. The molecule has 0 saturated heterocycles. The van der Waals surface area contributed by atoms with E-state index in [0.29, 0.717) is 10.0 Å². The van der Waals surface area contributed by atoms with Crippen LogP contribution in [0.15, 0.2) is 42.5 Å². The third kappa shape index (κ3) is 3.85. The fourth-order valence-electron chi connectivity index (χ4n) is 2.01. The van der Waals surface area contributed by atoms with Crippen molar-refractivity contribution in [1.82, 2.24) is 5.32 Å². The number of rotatable bonds is 4. The SMILES string of the molecule is CCNC(c1cccc(I)c1)c1ccc(Cl)c(Cl)c1. The van der Waals surface area contributed by atoms with Gasteiger partial charge in [-0.3, -0.25) is 0 Å². The van der Waals surface area contributed by atoms with E-state index in [1.807, 2.05) is 18.2 Å². The first-order chi connectivity index (χ1) is 9.11. The largest absolute Gasteiger partial charge is 0.307 e. The van der Waals surface area contributed by atoms with Gasteiger partial charge in [-0.05, 0) is 64.5 Å². The van der Waals surface area contributed by atoms with Crippen LogP contribution in [0.5, 0.6) is 0 Å². The first kappa shape index (κ1) is 15.1. The molecule has 0 aliphatic rings. The molecule has 0 aliphatic heterocycles. The van der Waals surface area contributed by atoms with Gasteiger partial charge in [0.05, 0.1) is 16.1 Å². The molecule has 1 nitrogen and oxygen atoms in total. The van der Waals surface area contributed by atoms with Crippen molar-refractivity contribution in [1.29, 1.82) is 0 Å². The molecule has 100 valence electrons. The van der Waals surface area contributed by atoms with Crippen LogP contribution in [0.3, 0.4) is 0 Å². The van der Waals surface area contributed by atoms with Crippen LogP contribution in [0.25, 0.3) is 0 Å². The van der Waals surface area contributed by atoms with Gasteiger partial charge in [-0.15, -0.1) is 0 Å². The second-order valence-electron chi connectivity index (χ2n) is 4.22. The summed E-state index contributed by atoms with van der Waals surface area (Å²) in [4.78, 5) is 0. The molecule has 1 atom stereocenters. The molecule has 2 aromatic carbocycles. The fraction of sp³-hybridized carbons (Fsp3) is 0.200. The second kappa shape index (κ2) is 6.93. The third-order valence-electron chi connectivity index (χ3n) is 2.87. The van der Waals surface area contributed by atoms with Crippen molar-refractivity contribution in [3.8, 4) is 0 Å². The van der Waals surface area contributed by atoms with E-state index >= 15 is 0 Å². The zero-order chi connectivity index (χ0) is 13.8. The van der Waals surface area contributed by atoms with Crippen LogP contribution in [-0.2, 0) is 0 Å². The van der Waals surface area contributed by atoms with Crippen molar-refractivity contribution in [2.45, 2.75) is 13.0 Å². The summed E-state index contributed by atoms with van der Waals surface area (Å²) in [7, 11) is 0. The topological polar surface area (TPSA) is 12.0 Å². The molecule has 0 bridgehead atoms. The van der Waals surface area contributed by atoms with E-state index in [1.54, 1.807) is 0 Å². The molecule has 0 amide bonds. The van der Waals surface area contributed by atoms with Gasteiger partial charge in [-0.1, -0.05) is 48.3 Å². The molecule has 2 rings (SSSR count). The Bertz CT molecular complexity index is 572. The minimum absolute atomic E-state index is 0.134. The highest BCUT2D eigenvalue weighted by Gasteiger charge is 2.14. The van der Waals surface area contributed by atoms with Gasteiger partial charge in [0.25, 0.3) is 0 Å². The van der Waals surface area contributed by atoms with Gasteiger partial charge in [0.15, 0.2) is 0 Å². The Morgan fingerprint density at radius 1 is 1.05 bits per heavy atom. The number of halogens is 3. The van der Waals surface area contributed by atoms with Crippen molar-refractivity contribution in [2.75, 3.05) is 6.54 Å². The normalized spacial score (nSPS) is 12.4. The molecule has 1 N–H and O–H groups in total. The molecule has 0 spiro atoms. The Hall–Kier alpha value is -0.290. The summed E-state index contributed by atoms with van der Waals surface area (Å²) in [6.45, 7) is 2.98. The van der Waals surface area contributed by atoms with Gasteiger partial charge in [0.2, 0.25) is 0 Å². The maximum absolute atomic E-state index is 6.12. The standard InChI is InChI=1S/C15H14Cl2IN/c1-2-19-15(10-4-3-5-12(18)8-10)11-6-7-13(16)14(17)9-11/h3-9,15,19H,2H2,1H3. The van der Waals surface area contributed by atoms with Crippen molar-refractivity contribution >= 4 is 45.8 Å². The van der Waals surface area contributed by atoms with E-state index in [0.717, 1.165) is 12.1 Å². The third-order valence-corrected chi connectivity index (χ3v) is 4.28. The summed E-state index contributed by atoms with van der Waals surface area (Å²) in [6, 6.07) is 14.4. The highest BCUT2D eigenvalue weighted by molar-refractivity contribution is 14.1. The number of hydrogen-bond acceptors (Lipinski definition) is 1.